The number of nitrogens with zero attached hydrogens (tertiary/aromatic N) is 1. The number of anilines is 3. The molecule has 0 N–H and O–H groups in total. The van der Waals surface area contributed by atoms with E-state index in [1.165, 1.54) is 59.2 Å². The Kier molecular flexibility index (Phi) is 5.97. The lowest BCUT2D eigenvalue weighted by Gasteiger charge is -2.34. The van der Waals surface area contributed by atoms with Crippen LogP contribution < -0.4 is 4.90 Å². The van der Waals surface area contributed by atoms with Crippen LogP contribution in [0.1, 0.15) is 22.3 Å². The highest BCUT2D eigenvalue weighted by atomic mass is 32.1. The summed E-state index contributed by atoms with van der Waals surface area (Å²) >= 11 is 1.89. The zero-order chi connectivity index (χ0) is 29.8. The molecule has 0 saturated heterocycles. The smallest absolute Gasteiger partial charge is 0.0720 e. The van der Waals surface area contributed by atoms with Crippen LogP contribution in [0.5, 0.6) is 0 Å². The standard InChI is InChI=1S/C43H29NS/c1-4-16-30(17-5-1)43(36-25-12-10-22-33(36)34-23-11-13-26-37(34)43)38-27-15-29-40-41(38)35-24-14-28-39(42(35)45-40)44(31-18-6-2-7-19-31)32-20-8-3-9-21-32/h1-29H. The molecule has 7 aromatic carbocycles. The van der Waals surface area contributed by atoms with Gasteiger partial charge in [-0.25, -0.2) is 0 Å². The van der Waals surface area contributed by atoms with Crippen LogP contribution in [-0.4, -0.2) is 0 Å². The van der Waals surface area contributed by atoms with E-state index < -0.39 is 5.41 Å². The van der Waals surface area contributed by atoms with Gasteiger partial charge in [0.05, 0.1) is 15.8 Å². The lowest BCUT2D eigenvalue weighted by atomic mass is 9.66. The van der Waals surface area contributed by atoms with Gasteiger partial charge in [-0.15, -0.1) is 11.3 Å². The Morgan fingerprint density at radius 3 is 1.56 bits per heavy atom. The van der Waals surface area contributed by atoms with Gasteiger partial charge in [0.25, 0.3) is 0 Å². The predicted molar refractivity (Wildman–Crippen MR) is 191 cm³/mol. The maximum atomic E-state index is 2.39. The van der Waals surface area contributed by atoms with Gasteiger partial charge in [0, 0.05) is 26.8 Å². The second kappa shape index (κ2) is 10.3. The first-order valence-corrected chi connectivity index (χ1v) is 16.3. The minimum atomic E-state index is -0.448. The molecule has 1 heterocycles. The average Bonchev–Trinajstić information content (AvgIpc) is 3.65. The Morgan fingerprint density at radius 1 is 0.422 bits per heavy atom. The average molecular weight is 592 g/mol. The van der Waals surface area contributed by atoms with Crippen molar-refractivity contribution in [2.24, 2.45) is 0 Å². The predicted octanol–water partition coefficient (Wildman–Crippen LogP) is 11.9. The molecule has 0 fully saturated rings. The van der Waals surface area contributed by atoms with Gasteiger partial charge in [-0.2, -0.15) is 0 Å². The highest BCUT2D eigenvalue weighted by molar-refractivity contribution is 7.26. The third kappa shape index (κ3) is 3.79. The second-order valence-electron chi connectivity index (χ2n) is 11.6. The number of thiophene rings is 1. The van der Waals surface area contributed by atoms with Crippen LogP contribution in [0.25, 0.3) is 31.3 Å². The zero-order valence-electron chi connectivity index (χ0n) is 24.6. The van der Waals surface area contributed by atoms with Crippen molar-refractivity contribution in [1.29, 1.82) is 0 Å². The minimum absolute atomic E-state index is 0.448. The van der Waals surface area contributed by atoms with Gasteiger partial charge in [-0.05, 0) is 69.8 Å². The molecule has 0 bridgehead atoms. The van der Waals surface area contributed by atoms with E-state index in [9.17, 15) is 0 Å². The van der Waals surface area contributed by atoms with Crippen molar-refractivity contribution < 1.29 is 0 Å². The third-order valence-corrected chi connectivity index (χ3v) is 10.5. The van der Waals surface area contributed by atoms with Gasteiger partial charge in [0.1, 0.15) is 0 Å². The summed E-state index contributed by atoms with van der Waals surface area (Å²) in [6, 6.07) is 64.3. The fourth-order valence-electron chi connectivity index (χ4n) is 7.58. The van der Waals surface area contributed by atoms with Crippen LogP contribution in [-0.2, 0) is 5.41 Å². The molecule has 1 aliphatic rings. The number of rotatable bonds is 5. The zero-order valence-corrected chi connectivity index (χ0v) is 25.4. The molecule has 0 unspecified atom stereocenters. The molecule has 1 nitrogen and oxygen atoms in total. The Labute approximate surface area is 267 Å². The maximum absolute atomic E-state index is 2.39. The molecular weight excluding hydrogens is 563 g/mol. The Bertz CT molecular complexity index is 2240. The minimum Gasteiger partial charge on any atom is -0.309 e. The van der Waals surface area contributed by atoms with Crippen molar-refractivity contribution in [3.05, 3.63) is 198 Å². The van der Waals surface area contributed by atoms with E-state index in [1.807, 2.05) is 11.3 Å². The van der Waals surface area contributed by atoms with Crippen LogP contribution in [0.3, 0.4) is 0 Å². The molecule has 0 aliphatic heterocycles. The monoisotopic (exact) mass is 591 g/mol. The molecule has 2 heteroatoms. The van der Waals surface area contributed by atoms with Crippen molar-refractivity contribution >= 4 is 48.6 Å². The fourth-order valence-corrected chi connectivity index (χ4v) is 8.82. The van der Waals surface area contributed by atoms with Gasteiger partial charge >= 0.3 is 0 Å². The molecule has 1 aliphatic carbocycles. The maximum Gasteiger partial charge on any atom is 0.0720 e. The summed E-state index contributed by atoms with van der Waals surface area (Å²) in [4.78, 5) is 2.39. The summed E-state index contributed by atoms with van der Waals surface area (Å²) in [5.41, 5.74) is 11.0. The molecule has 0 atom stereocenters. The number of hydrogen-bond acceptors (Lipinski definition) is 2. The quantitative estimate of drug-likeness (QED) is 0.192. The molecule has 8 aromatic rings. The van der Waals surface area contributed by atoms with E-state index in [1.54, 1.807) is 0 Å². The van der Waals surface area contributed by atoms with Gasteiger partial charge in [0.2, 0.25) is 0 Å². The Balaban J connectivity index is 1.39. The summed E-state index contributed by atoms with van der Waals surface area (Å²) in [7, 11) is 0. The van der Waals surface area contributed by atoms with E-state index in [0.717, 1.165) is 11.4 Å². The highest BCUT2D eigenvalue weighted by Crippen LogP contribution is 2.58. The van der Waals surface area contributed by atoms with E-state index in [2.05, 4.69) is 181 Å². The first-order chi connectivity index (χ1) is 22.4. The van der Waals surface area contributed by atoms with Gasteiger partial charge in [-0.3, -0.25) is 0 Å². The number of fused-ring (bicyclic) bond motifs is 6. The molecule has 9 rings (SSSR count). The molecule has 0 amide bonds. The lowest BCUT2D eigenvalue weighted by molar-refractivity contribution is 0.777. The van der Waals surface area contributed by atoms with Crippen LogP contribution in [0.15, 0.2) is 176 Å². The topological polar surface area (TPSA) is 3.24 Å². The van der Waals surface area contributed by atoms with Crippen LogP contribution in [0.2, 0.25) is 0 Å². The van der Waals surface area contributed by atoms with Crippen molar-refractivity contribution in [2.45, 2.75) is 5.41 Å². The summed E-state index contributed by atoms with van der Waals surface area (Å²) in [6.07, 6.45) is 0. The van der Waals surface area contributed by atoms with Crippen LogP contribution in [0, 0.1) is 0 Å². The molecule has 0 saturated carbocycles. The lowest BCUT2D eigenvalue weighted by Crippen LogP contribution is -2.28. The number of para-hydroxylation sites is 2. The molecule has 212 valence electrons. The Hall–Kier alpha value is -5.44. The first-order valence-electron chi connectivity index (χ1n) is 15.5. The molecule has 0 radical (unpaired) electrons. The van der Waals surface area contributed by atoms with E-state index in [-0.39, 0.29) is 0 Å². The highest BCUT2D eigenvalue weighted by Gasteiger charge is 2.47. The van der Waals surface area contributed by atoms with Crippen molar-refractivity contribution in [3.8, 4) is 11.1 Å². The summed E-state index contributed by atoms with van der Waals surface area (Å²) in [6.45, 7) is 0. The molecule has 0 spiro atoms. The third-order valence-electron chi connectivity index (χ3n) is 9.33. The van der Waals surface area contributed by atoms with Crippen LogP contribution >= 0.6 is 11.3 Å². The second-order valence-corrected chi connectivity index (χ2v) is 12.7. The van der Waals surface area contributed by atoms with Crippen molar-refractivity contribution in [3.63, 3.8) is 0 Å². The largest absolute Gasteiger partial charge is 0.309 e. The summed E-state index contributed by atoms with van der Waals surface area (Å²) in [5.74, 6) is 0. The van der Waals surface area contributed by atoms with E-state index in [4.69, 9.17) is 0 Å². The van der Waals surface area contributed by atoms with Gasteiger partial charge in [-0.1, -0.05) is 140 Å². The number of benzene rings is 7. The molecule has 1 aromatic heterocycles. The Morgan fingerprint density at radius 2 is 0.933 bits per heavy atom. The number of hydrogen-bond donors (Lipinski definition) is 0. The van der Waals surface area contributed by atoms with Gasteiger partial charge in [0.15, 0.2) is 0 Å². The normalized spacial score (nSPS) is 13.1. The summed E-state index contributed by atoms with van der Waals surface area (Å²) < 4.78 is 2.59. The van der Waals surface area contributed by atoms with Crippen LogP contribution in [0.4, 0.5) is 17.1 Å². The fraction of sp³-hybridized carbons (Fsp3) is 0.0233. The SMILES string of the molecule is c1ccc(N(c2ccccc2)c2cccc3c2sc2cccc(C4(c5ccccc5)c5ccccc5-c5ccccc54)c23)cc1. The van der Waals surface area contributed by atoms with E-state index >= 15 is 0 Å². The van der Waals surface area contributed by atoms with Gasteiger partial charge < -0.3 is 4.90 Å². The van der Waals surface area contributed by atoms with Crippen molar-refractivity contribution in [2.75, 3.05) is 4.90 Å². The van der Waals surface area contributed by atoms with Crippen molar-refractivity contribution in [1.82, 2.24) is 0 Å². The molecular formula is C43H29NS. The first kappa shape index (κ1) is 26.0. The van der Waals surface area contributed by atoms with E-state index in [0.29, 0.717) is 0 Å². The molecule has 45 heavy (non-hydrogen) atoms. The summed E-state index contributed by atoms with van der Waals surface area (Å²) in [5, 5.41) is 2.62.